The summed E-state index contributed by atoms with van der Waals surface area (Å²) >= 11 is 0. The normalized spacial score (nSPS) is 17.8. The Hall–Kier alpha value is -2.20. The van der Waals surface area contributed by atoms with Gasteiger partial charge in [0.2, 0.25) is 0 Å². The third kappa shape index (κ3) is 2.85. The molecule has 0 radical (unpaired) electrons. The fraction of sp³-hybridized carbons (Fsp3) is 0.381. The number of hydrogen-bond donors (Lipinski definition) is 0. The Morgan fingerprint density at radius 3 is 2.84 bits per heavy atom. The molecule has 0 saturated heterocycles. The maximum Gasteiger partial charge on any atom is 0.147 e. The zero-order valence-corrected chi connectivity index (χ0v) is 14.9. The number of halogens is 1. The minimum absolute atomic E-state index is 0.122. The molecular weight excluding hydrogens is 313 g/mol. The molecule has 0 fully saturated rings. The van der Waals surface area contributed by atoms with Crippen LogP contribution in [0.4, 0.5) is 4.39 Å². The van der Waals surface area contributed by atoms with Crippen molar-refractivity contribution in [2.45, 2.75) is 45.8 Å². The average molecular weight is 337 g/mol. The number of hydrogen-bond acceptors (Lipinski definition) is 2. The van der Waals surface area contributed by atoms with Crippen molar-refractivity contribution in [3.05, 3.63) is 65.4 Å². The molecule has 4 heteroatoms. The zero-order chi connectivity index (χ0) is 17.4. The molecule has 1 aromatic carbocycles. The van der Waals surface area contributed by atoms with Gasteiger partial charge in [0.05, 0.1) is 5.52 Å². The molecule has 1 aliphatic rings. The predicted octanol–water partition coefficient (Wildman–Crippen LogP) is 4.18. The van der Waals surface area contributed by atoms with E-state index in [1.165, 1.54) is 11.3 Å². The van der Waals surface area contributed by atoms with Gasteiger partial charge in [0.25, 0.3) is 0 Å². The lowest BCUT2D eigenvalue weighted by Crippen LogP contribution is -2.38. The molecule has 3 heterocycles. The molecule has 4 rings (SSSR count). The second-order valence-corrected chi connectivity index (χ2v) is 6.90. The number of pyridine rings is 1. The van der Waals surface area contributed by atoms with Crippen molar-refractivity contribution < 1.29 is 4.39 Å². The molecule has 2 aromatic heterocycles. The third-order valence-corrected chi connectivity index (χ3v) is 5.45. The monoisotopic (exact) mass is 337 g/mol. The van der Waals surface area contributed by atoms with Crippen LogP contribution in [0, 0.1) is 5.82 Å². The lowest BCUT2D eigenvalue weighted by Gasteiger charge is -2.33. The first-order valence-corrected chi connectivity index (χ1v) is 9.11. The number of likely N-dealkylation sites (N-methyl/N-ethyl adjacent to an activating group) is 1. The molecule has 0 bridgehead atoms. The molecule has 0 N–H and O–H groups in total. The van der Waals surface area contributed by atoms with Gasteiger partial charge in [0, 0.05) is 54.9 Å². The zero-order valence-electron chi connectivity index (χ0n) is 14.9. The van der Waals surface area contributed by atoms with Crippen LogP contribution in [0.3, 0.4) is 0 Å². The average Bonchev–Trinajstić information content (AvgIpc) is 2.94. The highest BCUT2D eigenvalue weighted by Gasteiger charge is 2.28. The highest BCUT2D eigenvalue weighted by Crippen LogP contribution is 2.34. The van der Waals surface area contributed by atoms with E-state index in [9.17, 15) is 4.39 Å². The summed E-state index contributed by atoms with van der Waals surface area (Å²) in [5.41, 5.74) is 4.41. The summed E-state index contributed by atoms with van der Waals surface area (Å²) in [5.74, 6) is -0.122. The molecule has 0 saturated carbocycles. The summed E-state index contributed by atoms with van der Waals surface area (Å²) in [5, 5.41) is 1.07. The fourth-order valence-corrected chi connectivity index (χ4v) is 4.11. The van der Waals surface area contributed by atoms with E-state index < -0.39 is 0 Å². The van der Waals surface area contributed by atoms with E-state index in [0.717, 1.165) is 49.1 Å². The van der Waals surface area contributed by atoms with E-state index in [1.54, 1.807) is 6.07 Å². The van der Waals surface area contributed by atoms with Crippen LogP contribution in [0.5, 0.6) is 0 Å². The van der Waals surface area contributed by atoms with Crippen molar-refractivity contribution in [3.8, 4) is 0 Å². The molecule has 0 aliphatic carbocycles. The SMILES string of the molecule is CCN1Cc2c(n(CCc3ccccn3)c3c(F)cccc23)CC1C. The summed E-state index contributed by atoms with van der Waals surface area (Å²) in [6.07, 6.45) is 3.61. The van der Waals surface area contributed by atoms with Crippen molar-refractivity contribution in [1.82, 2.24) is 14.5 Å². The molecule has 0 amide bonds. The van der Waals surface area contributed by atoms with E-state index in [-0.39, 0.29) is 5.82 Å². The number of fused-ring (bicyclic) bond motifs is 3. The van der Waals surface area contributed by atoms with Crippen molar-refractivity contribution in [2.24, 2.45) is 0 Å². The van der Waals surface area contributed by atoms with Crippen LogP contribution < -0.4 is 0 Å². The van der Waals surface area contributed by atoms with E-state index in [0.29, 0.717) is 6.04 Å². The molecule has 1 aliphatic heterocycles. The number of rotatable bonds is 4. The predicted molar refractivity (Wildman–Crippen MR) is 99.1 cm³/mol. The van der Waals surface area contributed by atoms with E-state index in [4.69, 9.17) is 0 Å². The van der Waals surface area contributed by atoms with E-state index >= 15 is 0 Å². The van der Waals surface area contributed by atoms with Gasteiger partial charge in [-0.2, -0.15) is 0 Å². The minimum atomic E-state index is -0.122. The van der Waals surface area contributed by atoms with Crippen molar-refractivity contribution in [2.75, 3.05) is 6.54 Å². The standard InChI is InChI=1S/C21H24FN3/c1-3-24-14-18-17-8-6-9-19(22)21(17)25(20(18)13-15(24)2)12-10-16-7-4-5-11-23-16/h4-9,11,15H,3,10,12-14H2,1-2H3. The Kier molecular flexibility index (Phi) is 4.30. The van der Waals surface area contributed by atoms with Crippen LogP contribution in [0.1, 0.15) is 30.8 Å². The van der Waals surface area contributed by atoms with Crippen LogP contribution in [-0.2, 0) is 25.9 Å². The van der Waals surface area contributed by atoms with Gasteiger partial charge in [0.1, 0.15) is 5.82 Å². The van der Waals surface area contributed by atoms with E-state index in [2.05, 4.69) is 34.4 Å². The molecule has 3 aromatic rings. The maximum atomic E-state index is 14.7. The summed E-state index contributed by atoms with van der Waals surface area (Å²) in [7, 11) is 0. The van der Waals surface area contributed by atoms with Gasteiger partial charge < -0.3 is 4.57 Å². The summed E-state index contributed by atoms with van der Waals surface area (Å²) in [4.78, 5) is 6.89. The first-order valence-electron chi connectivity index (χ1n) is 9.11. The quantitative estimate of drug-likeness (QED) is 0.712. The molecule has 1 atom stereocenters. The van der Waals surface area contributed by atoms with Crippen molar-refractivity contribution in [1.29, 1.82) is 0 Å². The first-order chi connectivity index (χ1) is 12.2. The lowest BCUT2D eigenvalue weighted by molar-refractivity contribution is 0.192. The number of nitrogens with zero attached hydrogens (tertiary/aromatic N) is 3. The van der Waals surface area contributed by atoms with Crippen LogP contribution in [0.25, 0.3) is 10.9 Å². The van der Waals surface area contributed by atoms with E-state index in [1.807, 2.05) is 30.5 Å². The highest BCUT2D eigenvalue weighted by molar-refractivity contribution is 5.86. The Labute approximate surface area is 148 Å². The van der Waals surface area contributed by atoms with Crippen LogP contribution in [0.2, 0.25) is 0 Å². The number of aromatic nitrogens is 2. The topological polar surface area (TPSA) is 21.1 Å². The first kappa shape index (κ1) is 16.3. The Bertz CT molecular complexity index is 885. The Balaban J connectivity index is 1.79. The number of aryl methyl sites for hydroxylation is 2. The second kappa shape index (κ2) is 6.60. The Morgan fingerprint density at radius 1 is 1.20 bits per heavy atom. The minimum Gasteiger partial charge on any atom is -0.341 e. The van der Waals surface area contributed by atoms with Crippen molar-refractivity contribution in [3.63, 3.8) is 0 Å². The molecular formula is C21H24FN3. The van der Waals surface area contributed by atoms with Crippen LogP contribution in [0.15, 0.2) is 42.6 Å². The van der Waals surface area contributed by atoms with Crippen molar-refractivity contribution >= 4 is 10.9 Å². The Morgan fingerprint density at radius 2 is 2.08 bits per heavy atom. The van der Waals surface area contributed by atoms with Gasteiger partial charge in [-0.3, -0.25) is 9.88 Å². The lowest BCUT2D eigenvalue weighted by atomic mass is 9.99. The molecule has 130 valence electrons. The molecule has 1 unspecified atom stereocenters. The fourth-order valence-electron chi connectivity index (χ4n) is 4.11. The second-order valence-electron chi connectivity index (χ2n) is 6.90. The summed E-state index contributed by atoms with van der Waals surface area (Å²) in [6, 6.07) is 11.9. The van der Waals surface area contributed by atoms with Gasteiger partial charge >= 0.3 is 0 Å². The van der Waals surface area contributed by atoms with Gasteiger partial charge in [-0.1, -0.05) is 25.1 Å². The van der Waals surface area contributed by atoms with Gasteiger partial charge in [-0.05, 0) is 37.2 Å². The molecule has 0 spiro atoms. The van der Waals surface area contributed by atoms with Gasteiger partial charge in [-0.25, -0.2) is 4.39 Å². The summed E-state index contributed by atoms with van der Waals surface area (Å²) < 4.78 is 16.9. The third-order valence-electron chi connectivity index (χ3n) is 5.45. The van der Waals surface area contributed by atoms with Crippen LogP contribution >= 0.6 is 0 Å². The van der Waals surface area contributed by atoms with Crippen LogP contribution in [-0.4, -0.2) is 27.0 Å². The largest absolute Gasteiger partial charge is 0.341 e. The van der Waals surface area contributed by atoms with Gasteiger partial charge in [0.15, 0.2) is 0 Å². The number of para-hydroxylation sites is 1. The highest BCUT2D eigenvalue weighted by atomic mass is 19.1. The molecule has 3 nitrogen and oxygen atoms in total. The smallest absolute Gasteiger partial charge is 0.147 e. The van der Waals surface area contributed by atoms with Gasteiger partial charge in [-0.15, -0.1) is 0 Å². The maximum absolute atomic E-state index is 14.7. The molecule has 25 heavy (non-hydrogen) atoms. The summed E-state index contributed by atoms with van der Waals surface area (Å²) in [6.45, 7) is 7.16. The number of benzene rings is 1.